The number of carbonyl (C=O) groups excluding carboxylic acids is 1. The standard InChI is InChI=1S/C18H14FN3O3/c1-24-16-7-2-12(10-15(16)19)18(23)22-13-3-5-14(6-4-13)25-17-11-20-8-9-21-17/h2-11H,1H3,(H,22,23). The van der Waals surface area contributed by atoms with Crippen LogP contribution in [0, 0.1) is 5.82 Å². The summed E-state index contributed by atoms with van der Waals surface area (Å²) in [6.07, 6.45) is 4.57. The summed E-state index contributed by atoms with van der Waals surface area (Å²) in [5.74, 6) is -0.0175. The molecule has 0 saturated carbocycles. The van der Waals surface area contributed by atoms with Crippen LogP contribution in [-0.2, 0) is 0 Å². The van der Waals surface area contributed by atoms with E-state index >= 15 is 0 Å². The monoisotopic (exact) mass is 339 g/mol. The normalized spacial score (nSPS) is 10.2. The molecule has 1 heterocycles. The van der Waals surface area contributed by atoms with E-state index in [0.29, 0.717) is 17.3 Å². The van der Waals surface area contributed by atoms with Crippen LogP contribution < -0.4 is 14.8 Å². The summed E-state index contributed by atoms with van der Waals surface area (Å²) >= 11 is 0. The summed E-state index contributed by atoms with van der Waals surface area (Å²) < 4.78 is 24.0. The van der Waals surface area contributed by atoms with Crippen molar-refractivity contribution in [2.45, 2.75) is 0 Å². The highest BCUT2D eigenvalue weighted by Gasteiger charge is 2.10. The van der Waals surface area contributed by atoms with Crippen LogP contribution in [0.5, 0.6) is 17.4 Å². The van der Waals surface area contributed by atoms with Crippen molar-refractivity contribution in [3.63, 3.8) is 0 Å². The smallest absolute Gasteiger partial charge is 0.255 e. The second kappa shape index (κ2) is 7.39. The summed E-state index contributed by atoms with van der Waals surface area (Å²) in [6, 6.07) is 10.7. The highest BCUT2D eigenvalue weighted by atomic mass is 19.1. The number of hydrogen-bond donors (Lipinski definition) is 1. The van der Waals surface area contributed by atoms with Gasteiger partial charge in [0.25, 0.3) is 5.91 Å². The van der Waals surface area contributed by atoms with Crippen LogP contribution in [0.1, 0.15) is 10.4 Å². The van der Waals surface area contributed by atoms with Gasteiger partial charge in [-0.3, -0.25) is 9.78 Å². The Hall–Kier alpha value is -3.48. The lowest BCUT2D eigenvalue weighted by molar-refractivity contribution is 0.102. The number of hydrogen-bond acceptors (Lipinski definition) is 5. The first-order valence-corrected chi connectivity index (χ1v) is 7.34. The van der Waals surface area contributed by atoms with Gasteiger partial charge < -0.3 is 14.8 Å². The van der Waals surface area contributed by atoms with Gasteiger partial charge in [-0.05, 0) is 42.5 Å². The Labute approximate surface area is 143 Å². The van der Waals surface area contributed by atoms with Gasteiger partial charge in [0, 0.05) is 23.6 Å². The fourth-order valence-corrected chi connectivity index (χ4v) is 2.08. The first-order valence-electron chi connectivity index (χ1n) is 7.34. The lowest BCUT2D eigenvalue weighted by Gasteiger charge is -2.08. The van der Waals surface area contributed by atoms with Crippen molar-refractivity contribution < 1.29 is 18.7 Å². The van der Waals surface area contributed by atoms with E-state index in [9.17, 15) is 9.18 Å². The molecule has 25 heavy (non-hydrogen) atoms. The molecule has 0 spiro atoms. The number of benzene rings is 2. The summed E-state index contributed by atoms with van der Waals surface area (Å²) in [4.78, 5) is 20.1. The third kappa shape index (κ3) is 4.08. The Morgan fingerprint density at radius 1 is 1.12 bits per heavy atom. The van der Waals surface area contributed by atoms with Gasteiger partial charge in [0.15, 0.2) is 11.6 Å². The molecule has 3 aromatic rings. The summed E-state index contributed by atoms with van der Waals surface area (Å²) in [5.41, 5.74) is 0.742. The molecule has 1 amide bonds. The largest absolute Gasteiger partial charge is 0.494 e. The maximum absolute atomic E-state index is 13.7. The van der Waals surface area contributed by atoms with Crippen molar-refractivity contribution in [1.82, 2.24) is 9.97 Å². The molecule has 0 fully saturated rings. The number of ether oxygens (including phenoxy) is 2. The van der Waals surface area contributed by atoms with E-state index in [0.717, 1.165) is 6.07 Å². The van der Waals surface area contributed by atoms with Crippen molar-refractivity contribution in [1.29, 1.82) is 0 Å². The Kier molecular flexibility index (Phi) is 4.84. The molecular weight excluding hydrogens is 325 g/mol. The average Bonchev–Trinajstić information content (AvgIpc) is 2.64. The van der Waals surface area contributed by atoms with E-state index < -0.39 is 11.7 Å². The Morgan fingerprint density at radius 3 is 2.56 bits per heavy atom. The van der Waals surface area contributed by atoms with Crippen molar-refractivity contribution in [2.75, 3.05) is 12.4 Å². The minimum atomic E-state index is -0.595. The van der Waals surface area contributed by atoms with Crippen molar-refractivity contribution in [3.05, 3.63) is 72.4 Å². The van der Waals surface area contributed by atoms with Gasteiger partial charge in [0.05, 0.1) is 13.3 Å². The van der Waals surface area contributed by atoms with Crippen molar-refractivity contribution in [3.8, 4) is 17.4 Å². The molecule has 0 aliphatic heterocycles. The fourth-order valence-electron chi connectivity index (χ4n) is 2.08. The molecule has 6 nitrogen and oxygen atoms in total. The molecule has 0 saturated heterocycles. The maximum atomic E-state index is 13.7. The van der Waals surface area contributed by atoms with Crippen LogP contribution in [0.15, 0.2) is 61.1 Å². The second-order valence-corrected chi connectivity index (χ2v) is 4.97. The van der Waals surface area contributed by atoms with Gasteiger partial charge in [-0.25, -0.2) is 9.37 Å². The van der Waals surface area contributed by atoms with E-state index in [1.807, 2.05) is 0 Å². The first kappa shape index (κ1) is 16.4. The van der Waals surface area contributed by atoms with E-state index in [1.54, 1.807) is 30.5 Å². The predicted molar refractivity (Wildman–Crippen MR) is 89.5 cm³/mol. The molecule has 3 rings (SSSR count). The van der Waals surface area contributed by atoms with E-state index in [-0.39, 0.29) is 11.3 Å². The molecule has 0 atom stereocenters. The topological polar surface area (TPSA) is 73.3 Å². The number of halogens is 1. The van der Waals surface area contributed by atoms with Crippen molar-refractivity contribution in [2.24, 2.45) is 0 Å². The van der Waals surface area contributed by atoms with Crippen molar-refractivity contribution >= 4 is 11.6 Å². The number of aromatic nitrogens is 2. The first-order chi connectivity index (χ1) is 12.2. The number of amides is 1. The number of nitrogens with zero attached hydrogens (tertiary/aromatic N) is 2. The lowest BCUT2D eigenvalue weighted by atomic mass is 10.2. The number of methoxy groups -OCH3 is 1. The molecular formula is C18H14FN3O3. The highest BCUT2D eigenvalue weighted by Crippen LogP contribution is 2.22. The quantitative estimate of drug-likeness (QED) is 0.768. The van der Waals surface area contributed by atoms with Crippen LogP contribution in [0.2, 0.25) is 0 Å². The summed E-state index contributed by atoms with van der Waals surface area (Å²) in [6.45, 7) is 0. The number of carbonyl (C=O) groups is 1. The van der Waals surface area contributed by atoms with Crippen LogP contribution in [0.25, 0.3) is 0 Å². The van der Waals surface area contributed by atoms with Crippen LogP contribution in [-0.4, -0.2) is 23.0 Å². The fraction of sp³-hybridized carbons (Fsp3) is 0.0556. The molecule has 0 aliphatic carbocycles. The van der Waals surface area contributed by atoms with Gasteiger partial charge in [-0.1, -0.05) is 0 Å². The number of rotatable bonds is 5. The molecule has 0 bridgehead atoms. The van der Waals surface area contributed by atoms with E-state index in [4.69, 9.17) is 9.47 Å². The average molecular weight is 339 g/mol. The molecule has 1 aromatic heterocycles. The summed E-state index contributed by atoms with van der Waals surface area (Å²) in [5, 5.41) is 2.68. The minimum Gasteiger partial charge on any atom is -0.494 e. The molecule has 0 unspecified atom stereocenters. The Balaban J connectivity index is 1.66. The third-order valence-electron chi connectivity index (χ3n) is 3.29. The van der Waals surface area contributed by atoms with Crippen LogP contribution in [0.3, 0.4) is 0 Å². The zero-order valence-corrected chi connectivity index (χ0v) is 13.3. The molecule has 0 aliphatic rings. The van der Waals surface area contributed by atoms with Crippen LogP contribution in [0.4, 0.5) is 10.1 Å². The summed E-state index contributed by atoms with van der Waals surface area (Å²) in [7, 11) is 1.36. The van der Waals surface area contributed by atoms with Gasteiger partial charge >= 0.3 is 0 Å². The zero-order valence-electron chi connectivity index (χ0n) is 13.3. The minimum absolute atomic E-state index is 0.0852. The number of anilines is 1. The van der Waals surface area contributed by atoms with Gasteiger partial charge in [0.1, 0.15) is 5.75 Å². The highest BCUT2D eigenvalue weighted by molar-refractivity contribution is 6.04. The van der Waals surface area contributed by atoms with Gasteiger partial charge in [-0.2, -0.15) is 0 Å². The van der Waals surface area contributed by atoms with Gasteiger partial charge in [-0.15, -0.1) is 0 Å². The Bertz CT molecular complexity index is 870. The molecule has 7 heteroatoms. The predicted octanol–water partition coefficient (Wildman–Crippen LogP) is 3.67. The van der Waals surface area contributed by atoms with Crippen LogP contribution >= 0.6 is 0 Å². The third-order valence-corrected chi connectivity index (χ3v) is 3.29. The second-order valence-electron chi connectivity index (χ2n) is 4.97. The van der Waals surface area contributed by atoms with E-state index in [1.165, 1.54) is 31.6 Å². The number of nitrogens with one attached hydrogen (secondary N) is 1. The Morgan fingerprint density at radius 2 is 1.92 bits per heavy atom. The zero-order chi connectivity index (χ0) is 17.6. The maximum Gasteiger partial charge on any atom is 0.255 e. The van der Waals surface area contributed by atoms with Gasteiger partial charge in [0.2, 0.25) is 5.88 Å². The molecule has 2 aromatic carbocycles. The van der Waals surface area contributed by atoms with E-state index in [2.05, 4.69) is 15.3 Å². The lowest BCUT2D eigenvalue weighted by Crippen LogP contribution is -2.12. The molecule has 0 radical (unpaired) electrons. The SMILES string of the molecule is COc1ccc(C(=O)Nc2ccc(Oc3cnccn3)cc2)cc1F. The molecule has 126 valence electrons. The molecule has 1 N–H and O–H groups in total.